The molecule has 1 aromatic heterocycles. The number of hydrogen-bond acceptors (Lipinski definition) is 6. The first-order valence-electron chi connectivity index (χ1n) is 12.7. The number of aliphatic hydroxyl groups excluding tert-OH is 1. The van der Waals surface area contributed by atoms with Crippen molar-refractivity contribution < 1.29 is 9.32 Å². The number of nitrogens with one attached hydrogen (secondary N) is 1. The standard InChI is InChI=1S/C26H31ClN4O2S/c27-19-6-4-16(5-7-19)21-17-2-3-18(21)14-31(13-17)24-28-20-12-26(10-11-26)34(33)22(20)23(29-24)30-25(15-32)8-1-9-25/h4-7,17-18,21,32H,1-3,8-15H2,(H,28,29,30)/t17?,18?,21?,34-/m0/s1. The third-order valence-electron chi connectivity index (χ3n) is 9.17. The molecule has 2 N–H and O–H groups in total. The Kier molecular flexibility index (Phi) is 4.85. The zero-order valence-corrected chi connectivity index (χ0v) is 20.9. The Balaban J connectivity index is 1.21. The molecule has 3 saturated carbocycles. The van der Waals surface area contributed by atoms with E-state index in [0.29, 0.717) is 23.6 Å². The van der Waals surface area contributed by atoms with Crippen molar-refractivity contribution in [3.63, 3.8) is 0 Å². The molecule has 5 aliphatic rings. The number of fused-ring (bicyclic) bond motifs is 3. The zero-order chi connectivity index (χ0) is 23.1. The van der Waals surface area contributed by atoms with Crippen molar-refractivity contribution in [1.29, 1.82) is 0 Å². The predicted molar refractivity (Wildman–Crippen MR) is 134 cm³/mol. The van der Waals surface area contributed by atoms with Gasteiger partial charge in [-0.1, -0.05) is 23.7 Å². The van der Waals surface area contributed by atoms with E-state index in [1.54, 1.807) is 0 Å². The molecule has 2 aromatic rings. The molecule has 180 valence electrons. The molecule has 1 aromatic carbocycles. The molecule has 34 heavy (non-hydrogen) atoms. The highest BCUT2D eigenvalue weighted by Gasteiger charge is 2.56. The number of aliphatic hydroxyl groups is 1. The summed E-state index contributed by atoms with van der Waals surface area (Å²) in [6, 6.07) is 8.41. The van der Waals surface area contributed by atoms with E-state index < -0.39 is 10.8 Å². The van der Waals surface area contributed by atoms with Crippen molar-refractivity contribution in [2.45, 2.75) is 72.5 Å². The Bertz CT molecular complexity index is 1140. The van der Waals surface area contributed by atoms with Gasteiger partial charge in [0.2, 0.25) is 5.95 Å². The van der Waals surface area contributed by atoms with Crippen molar-refractivity contribution in [3.05, 3.63) is 40.5 Å². The first-order chi connectivity index (χ1) is 16.5. The molecule has 0 amide bonds. The summed E-state index contributed by atoms with van der Waals surface area (Å²) in [7, 11) is -1.07. The average Bonchev–Trinajstić information content (AvgIpc) is 3.47. The van der Waals surface area contributed by atoms with E-state index >= 15 is 0 Å². The van der Waals surface area contributed by atoms with Crippen LogP contribution < -0.4 is 10.2 Å². The summed E-state index contributed by atoms with van der Waals surface area (Å²) in [5.41, 5.74) is 2.03. The summed E-state index contributed by atoms with van der Waals surface area (Å²) in [5, 5.41) is 14.4. The van der Waals surface area contributed by atoms with E-state index in [-0.39, 0.29) is 16.9 Å². The van der Waals surface area contributed by atoms with Gasteiger partial charge >= 0.3 is 0 Å². The number of hydrogen-bond donors (Lipinski definition) is 2. The van der Waals surface area contributed by atoms with Crippen LogP contribution in [0.2, 0.25) is 5.02 Å². The number of anilines is 2. The van der Waals surface area contributed by atoms with Crippen molar-refractivity contribution in [1.82, 2.24) is 9.97 Å². The maximum Gasteiger partial charge on any atom is 0.227 e. The lowest BCUT2D eigenvalue weighted by Crippen LogP contribution is -2.49. The van der Waals surface area contributed by atoms with Crippen LogP contribution in [-0.4, -0.2) is 49.3 Å². The molecule has 1 spiro atoms. The van der Waals surface area contributed by atoms with Crippen LogP contribution in [-0.2, 0) is 17.2 Å². The first kappa shape index (κ1) is 21.6. The lowest BCUT2D eigenvalue weighted by Gasteiger charge is -2.42. The van der Waals surface area contributed by atoms with Gasteiger partial charge in [-0.25, -0.2) is 4.98 Å². The van der Waals surface area contributed by atoms with E-state index in [2.05, 4.69) is 22.3 Å². The minimum atomic E-state index is -1.07. The van der Waals surface area contributed by atoms with Crippen molar-refractivity contribution in [2.24, 2.45) is 11.8 Å². The molecule has 6 nitrogen and oxygen atoms in total. The summed E-state index contributed by atoms with van der Waals surface area (Å²) in [6.07, 6.45) is 8.20. The molecule has 8 heteroatoms. The number of rotatable bonds is 5. The zero-order valence-electron chi connectivity index (χ0n) is 19.3. The van der Waals surface area contributed by atoms with Gasteiger partial charge in [0, 0.05) is 24.5 Å². The van der Waals surface area contributed by atoms with Gasteiger partial charge in [-0.2, -0.15) is 4.98 Å². The van der Waals surface area contributed by atoms with Gasteiger partial charge in [0.05, 0.1) is 33.4 Å². The van der Waals surface area contributed by atoms with Gasteiger partial charge < -0.3 is 15.3 Å². The second-order valence-corrected chi connectivity index (χ2v) is 13.5. The Labute approximate surface area is 208 Å². The van der Waals surface area contributed by atoms with Gasteiger partial charge in [0.1, 0.15) is 10.7 Å². The SMILES string of the molecule is O=[S@]1c2c(nc(N3CC4CCC(C3)C4c3ccc(Cl)cc3)nc2NC2(CO)CCC2)CC12CC2. The average molecular weight is 499 g/mol. The molecule has 7 rings (SSSR count). The Morgan fingerprint density at radius 3 is 2.38 bits per heavy atom. The van der Waals surface area contributed by atoms with Crippen LogP contribution in [0.4, 0.5) is 11.8 Å². The summed E-state index contributed by atoms with van der Waals surface area (Å²) < 4.78 is 13.3. The van der Waals surface area contributed by atoms with Crippen molar-refractivity contribution in [2.75, 3.05) is 29.9 Å². The highest BCUT2D eigenvalue weighted by atomic mass is 35.5. The molecular formula is C26H31ClN4O2S. The minimum Gasteiger partial charge on any atom is -0.394 e. The van der Waals surface area contributed by atoms with Crippen LogP contribution in [0.5, 0.6) is 0 Å². The molecule has 2 bridgehead atoms. The number of benzene rings is 1. The van der Waals surface area contributed by atoms with E-state index in [4.69, 9.17) is 21.6 Å². The molecule has 2 unspecified atom stereocenters. The van der Waals surface area contributed by atoms with Gasteiger partial charge in [-0.15, -0.1) is 0 Å². The summed E-state index contributed by atoms with van der Waals surface area (Å²) >= 11 is 6.14. The highest BCUT2D eigenvalue weighted by molar-refractivity contribution is 7.87. The summed E-state index contributed by atoms with van der Waals surface area (Å²) in [6.45, 7) is 1.97. The molecule has 3 heterocycles. The second-order valence-electron chi connectivity index (χ2n) is 11.3. The molecule has 2 aliphatic heterocycles. The first-order valence-corrected chi connectivity index (χ1v) is 14.2. The van der Waals surface area contributed by atoms with E-state index in [9.17, 15) is 9.32 Å². The highest BCUT2D eigenvalue weighted by Crippen LogP contribution is 2.55. The lowest BCUT2D eigenvalue weighted by atomic mass is 9.77. The van der Waals surface area contributed by atoms with Crippen molar-refractivity contribution >= 4 is 34.2 Å². The monoisotopic (exact) mass is 498 g/mol. The van der Waals surface area contributed by atoms with Crippen molar-refractivity contribution in [3.8, 4) is 0 Å². The molecule has 3 atom stereocenters. The second kappa shape index (κ2) is 7.65. The van der Waals surface area contributed by atoms with Crippen LogP contribution in [0, 0.1) is 11.8 Å². The maximum absolute atomic E-state index is 13.4. The maximum atomic E-state index is 13.4. The van der Waals surface area contributed by atoms with Crippen LogP contribution >= 0.6 is 11.6 Å². The fourth-order valence-corrected chi connectivity index (χ4v) is 8.81. The normalized spacial score (nSPS) is 31.9. The van der Waals surface area contributed by atoms with Crippen LogP contribution in [0.25, 0.3) is 0 Å². The Morgan fingerprint density at radius 2 is 1.79 bits per heavy atom. The van der Waals surface area contributed by atoms with Crippen LogP contribution in [0.1, 0.15) is 62.1 Å². The number of nitrogens with zero attached hydrogens (tertiary/aromatic N) is 3. The summed E-state index contributed by atoms with van der Waals surface area (Å²) in [5.74, 6) is 3.20. The van der Waals surface area contributed by atoms with Gasteiger partial charge in [0.25, 0.3) is 0 Å². The number of piperidine rings is 1. The van der Waals surface area contributed by atoms with E-state index in [1.165, 1.54) is 18.4 Å². The third kappa shape index (κ3) is 3.26. The minimum absolute atomic E-state index is 0.0789. The fraction of sp³-hybridized carbons (Fsp3) is 0.615. The van der Waals surface area contributed by atoms with Crippen LogP contribution in [0.15, 0.2) is 29.2 Å². The summed E-state index contributed by atoms with van der Waals surface area (Å²) in [4.78, 5) is 13.2. The van der Waals surface area contributed by atoms with Gasteiger partial charge in [-0.05, 0) is 80.4 Å². The number of aromatic nitrogens is 2. The molecule has 4 fully saturated rings. The van der Waals surface area contributed by atoms with Gasteiger partial charge in [0.15, 0.2) is 0 Å². The molecule has 0 radical (unpaired) electrons. The predicted octanol–water partition coefficient (Wildman–Crippen LogP) is 4.28. The topological polar surface area (TPSA) is 78.4 Å². The van der Waals surface area contributed by atoms with Crippen LogP contribution in [0.3, 0.4) is 0 Å². The lowest BCUT2D eigenvalue weighted by molar-refractivity contribution is 0.143. The molecular weight excluding hydrogens is 468 g/mol. The Hall–Kier alpha value is -1.70. The molecule has 1 saturated heterocycles. The number of halogens is 1. The smallest absolute Gasteiger partial charge is 0.227 e. The largest absolute Gasteiger partial charge is 0.394 e. The Morgan fingerprint density at radius 1 is 1.09 bits per heavy atom. The van der Waals surface area contributed by atoms with Gasteiger partial charge in [-0.3, -0.25) is 4.21 Å². The fourth-order valence-electron chi connectivity index (χ4n) is 6.91. The third-order valence-corrected chi connectivity index (χ3v) is 11.6. The quantitative estimate of drug-likeness (QED) is 0.640. The molecule has 3 aliphatic carbocycles. The van der Waals surface area contributed by atoms with E-state index in [1.807, 2.05) is 12.1 Å². The van der Waals surface area contributed by atoms with E-state index in [0.717, 1.165) is 73.2 Å².